The first-order chi connectivity index (χ1) is 9.41. The summed E-state index contributed by atoms with van der Waals surface area (Å²) in [7, 11) is 0. The third kappa shape index (κ3) is 3.22. The fraction of sp³-hybridized carbons (Fsp3) is 0.294. The topological polar surface area (TPSA) is 35.2 Å². The first-order valence-electron chi connectivity index (χ1n) is 6.72. The summed E-state index contributed by atoms with van der Waals surface area (Å²) in [6, 6.07) is 16.0. The lowest BCUT2D eigenvalue weighted by Crippen LogP contribution is -2.34. The van der Waals surface area contributed by atoms with Crippen LogP contribution < -0.4 is 10.5 Å². The van der Waals surface area contributed by atoms with Crippen molar-refractivity contribution in [2.45, 2.75) is 32.4 Å². The Labute approximate surface area is 129 Å². The summed E-state index contributed by atoms with van der Waals surface area (Å²) >= 11 is 3.58. The summed E-state index contributed by atoms with van der Waals surface area (Å²) in [4.78, 5) is 0. The summed E-state index contributed by atoms with van der Waals surface area (Å²) in [6.45, 7) is 6.05. The molecule has 3 heteroatoms. The quantitative estimate of drug-likeness (QED) is 0.896. The zero-order chi connectivity index (χ0) is 14.8. The SMILES string of the molecule is CC(C)Oc1cccc(C(C)(N)c2ccccc2Br)c1. The molecule has 106 valence electrons. The van der Waals surface area contributed by atoms with Crippen LogP contribution in [-0.2, 0) is 5.54 Å². The Kier molecular flexibility index (Phi) is 4.51. The zero-order valence-electron chi connectivity index (χ0n) is 12.1. The second-order valence-electron chi connectivity index (χ2n) is 5.38. The molecule has 0 fully saturated rings. The minimum Gasteiger partial charge on any atom is -0.491 e. The highest BCUT2D eigenvalue weighted by Gasteiger charge is 2.26. The van der Waals surface area contributed by atoms with E-state index in [1.165, 1.54) is 0 Å². The standard InChI is InChI=1S/C17H20BrNO/c1-12(2)20-14-8-6-7-13(11-14)17(3,19)15-9-4-5-10-16(15)18/h4-12H,19H2,1-3H3. The van der Waals surface area contributed by atoms with E-state index in [1.807, 2.05) is 69.3 Å². The van der Waals surface area contributed by atoms with Gasteiger partial charge in [0.05, 0.1) is 11.6 Å². The van der Waals surface area contributed by atoms with Crippen LogP contribution in [0.15, 0.2) is 53.0 Å². The van der Waals surface area contributed by atoms with Crippen molar-refractivity contribution in [3.8, 4) is 5.75 Å². The molecule has 0 saturated heterocycles. The van der Waals surface area contributed by atoms with Crippen LogP contribution in [-0.4, -0.2) is 6.10 Å². The molecule has 2 N–H and O–H groups in total. The molecule has 0 bridgehead atoms. The lowest BCUT2D eigenvalue weighted by atomic mass is 9.85. The van der Waals surface area contributed by atoms with Crippen molar-refractivity contribution in [3.63, 3.8) is 0 Å². The van der Waals surface area contributed by atoms with E-state index in [4.69, 9.17) is 10.5 Å². The van der Waals surface area contributed by atoms with Crippen molar-refractivity contribution < 1.29 is 4.74 Å². The van der Waals surface area contributed by atoms with E-state index in [0.717, 1.165) is 21.3 Å². The van der Waals surface area contributed by atoms with Crippen LogP contribution in [0.2, 0.25) is 0 Å². The second-order valence-corrected chi connectivity index (χ2v) is 6.23. The van der Waals surface area contributed by atoms with Gasteiger partial charge < -0.3 is 10.5 Å². The van der Waals surface area contributed by atoms with Crippen LogP contribution in [0.4, 0.5) is 0 Å². The maximum Gasteiger partial charge on any atom is 0.120 e. The molecule has 0 radical (unpaired) electrons. The first kappa shape index (κ1) is 15.1. The van der Waals surface area contributed by atoms with Crippen molar-refractivity contribution in [2.24, 2.45) is 5.73 Å². The molecule has 0 aliphatic heterocycles. The number of benzene rings is 2. The molecule has 0 aliphatic rings. The van der Waals surface area contributed by atoms with E-state index >= 15 is 0 Å². The van der Waals surface area contributed by atoms with Crippen molar-refractivity contribution in [1.29, 1.82) is 0 Å². The lowest BCUT2D eigenvalue weighted by molar-refractivity contribution is 0.242. The largest absolute Gasteiger partial charge is 0.491 e. The molecule has 0 saturated carbocycles. The number of hydrogen-bond donors (Lipinski definition) is 1. The van der Waals surface area contributed by atoms with Crippen molar-refractivity contribution in [1.82, 2.24) is 0 Å². The molecule has 0 aromatic heterocycles. The molecule has 2 nitrogen and oxygen atoms in total. The van der Waals surface area contributed by atoms with E-state index in [2.05, 4.69) is 15.9 Å². The maximum atomic E-state index is 6.57. The Morgan fingerprint density at radius 2 is 1.80 bits per heavy atom. The highest BCUT2D eigenvalue weighted by atomic mass is 79.9. The number of nitrogens with two attached hydrogens (primary N) is 1. The van der Waals surface area contributed by atoms with Gasteiger partial charge in [0.1, 0.15) is 5.75 Å². The number of rotatable bonds is 4. The van der Waals surface area contributed by atoms with Gasteiger partial charge in [-0.2, -0.15) is 0 Å². The maximum absolute atomic E-state index is 6.57. The second kappa shape index (κ2) is 5.98. The van der Waals surface area contributed by atoms with Gasteiger partial charge in [-0.3, -0.25) is 0 Å². The third-order valence-electron chi connectivity index (χ3n) is 3.24. The number of ether oxygens (including phenoxy) is 1. The summed E-state index contributed by atoms with van der Waals surface area (Å²) in [5.74, 6) is 0.848. The van der Waals surface area contributed by atoms with Crippen LogP contribution in [0.1, 0.15) is 31.9 Å². The van der Waals surface area contributed by atoms with Gasteiger partial charge in [0.15, 0.2) is 0 Å². The fourth-order valence-corrected chi connectivity index (χ4v) is 2.90. The van der Waals surface area contributed by atoms with E-state index in [1.54, 1.807) is 0 Å². The summed E-state index contributed by atoms with van der Waals surface area (Å²) in [5, 5.41) is 0. The van der Waals surface area contributed by atoms with Crippen LogP contribution in [0, 0.1) is 0 Å². The molecule has 0 aliphatic carbocycles. The third-order valence-corrected chi connectivity index (χ3v) is 3.93. The predicted molar refractivity (Wildman–Crippen MR) is 87.0 cm³/mol. The Balaban J connectivity index is 2.41. The average Bonchev–Trinajstić information content (AvgIpc) is 2.38. The van der Waals surface area contributed by atoms with Crippen LogP contribution in [0.5, 0.6) is 5.75 Å². The summed E-state index contributed by atoms with van der Waals surface area (Å²) in [5.41, 5.74) is 8.09. The predicted octanol–water partition coefficient (Wildman–Crippen LogP) is 4.46. The molecular formula is C17H20BrNO. The van der Waals surface area contributed by atoms with Crippen molar-refractivity contribution >= 4 is 15.9 Å². The van der Waals surface area contributed by atoms with Crippen LogP contribution in [0.25, 0.3) is 0 Å². The molecule has 0 spiro atoms. The van der Waals surface area contributed by atoms with Gasteiger partial charge in [-0.15, -0.1) is 0 Å². The molecule has 1 unspecified atom stereocenters. The first-order valence-corrected chi connectivity index (χ1v) is 7.51. The van der Waals surface area contributed by atoms with Gasteiger partial charge in [-0.05, 0) is 50.1 Å². The Morgan fingerprint density at radius 1 is 1.10 bits per heavy atom. The van der Waals surface area contributed by atoms with Crippen molar-refractivity contribution in [2.75, 3.05) is 0 Å². The van der Waals surface area contributed by atoms with Crippen molar-refractivity contribution in [3.05, 3.63) is 64.1 Å². The molecule has 2 aromatic rings. The van der Waals surface area contributed by atoms with Gasteiger partial charge in [-0.25, -0.2) is 0 Å². The van der Waals surface area contributed by atoms with Gasteiger partial charge in [0, 0.05) is 4.47 Å². The molecule has 2 aromatic carbocycles. The normalized spacial score (nSPS) is 14.1. The van der Waals surface area contributed by atoms with E-state index in [9.17, 15) is 0 Å². The Morgan fingerprint density at radius 3 is 2.45 bits per heavy atom. The van der Waals surface area contributed by atoms with E-state index in [0.29, 0.717) is 0 Å². The molecular weight excluding hydrogens is 314 g/mol. The summed E-state index contributed by atoms with van der Waals surface area (Å²) < 4.78 is 6.76. The number of halogens is 1. The molecule has 1 atom stereocenters. The molecule has 0 heterocycles. The summed E-state index contributed by atoms with van der Waals surface area (Å²) in [6.07, 6.45) is 0.151. The highest BCUT2D eigenvalue weighted by molar-refractivity contribution is 9.10. The fourth-order valence-electron chi connectivity index (χ4n) is 2.20. The molecule has 0 amide bonds. The van der Waals surface area contributed by atoms with Crippen LogP contribution in [0.3, 0.4) is 0 Å². The average molecular weight is 334 g/mol. The minimum absolute atomic E-state index is 0.151. The smallest absolute Gasteiger partial charge is 0.120 e. The van der Waals surface area contributed by atoms with Gasteiger partial charge in [0.2, 0.25) is 0 Å². The Hall–Kier alpha value is -1.32. The van der Waals surface area contributed by atoms with Crippen LogP contribution >= 0.6 is 15.9 Å². The van der Waals surface area contributed by atoms with E-state index < -0.39 is 5.54 Å². The molecule has 2 rings (SSSR count). The minimum atomic E-state index is -0.573. The monoisotopic (exact) mass is 333 g/mol. The molecule has 20 heavy (non-hydrogen) atoms. The van der Waals surface area contributed by atoms with E-state index in [-0.39, 0.29) is 6.10 Å². The van der Waals surface area contributed by atoms with Gasteiger partial charge in [0.25, 0.3) is 0 Å². The lowest BCUT2D eigenvalue weighted by Gasteiger charge is -2.27. The zero-order valence-corrected chi connectivity index (χ0v) is 13.6. The van der Waals surface area contributed by atoms with Gasteiger partial charge in [-0.1, -0.05) is 46.3 Å². The number of hydrogen-bond acceptors (Lipinski definition) is 2. The Bertz CT molecular complexity index is 593. The highest BCUT2D eigenvalue weighted by Crippen LogP contribution is 2.33. The van der Waals surface area contributed by atoms with Gasteiger partial charge >= 0.3 is 0 Å².